The zero-order chi connectivity index (χ0) is 14.9. The van der Waals surface area contributed by atoms with E-state index in [-0.39, 0.29) is 10.8 Å². The molecule has 1 aromatic carbocycles. The van der Waals surface area contributed by atoms with E-state index < -0.39 is 11.8 Å². The van der Waals surface area contributed by atoms with E-state index in [1.165, 1.54) is 18.2 Å². The molecule has 0 radical (unpaired) electrons. The Bertz CT molecular complexity index is 649. The van der Waals surface area contributed by atoms with Crippen LogP contribution in [0.1, 0.15) is 21.9 Å². The van der Waals surface area contributed by atoms with Gasteiger partial charge < -0.3 is 14.8 Å². The Labute approximate surface area is 127 Å². The summed E-state index contributed by atoms with van der Waals surface area (Å²) in [6, 6.07) is 3.93. The van der Waals surface area contributed by atoms with Gasteiger partial charge in [-0.25, -0.2) is 9.18 Å². The summed E-state index contributed by atoms with van der Waals surface area (Å²) >= 11 is 9.16. The third-order valence-corrected chi connectivity index (χ3v) is 3.62. The second-order valence-corrected chi connectivity index (χ2v) is 5.36. The van der Waals surface area contributed by atoms with Gasteiger partial charge in [-0.05, 0) is 41.1 Å². The van der Waals surface area contributed by atoms with Crippen LogP contribution in [0.2, 0.25) is 5.02 Å². The maximum atomic E-state index is 13.1. The van der Waals surface area contributed by atoms with Gasteiger partial charge in [-0.3, -0.25) is 0 Å². The van der Waals surface area contributed by atoms with Crippen molar-refractivity contribution in [1.82, 2.24) is 0 Å². The minimum atomic E-state index is -1.12. The summed E-state index contributed by atoms with van der Waals surface area (Å²) in [4.78, 5) is 10.8. The Morgan fingerprint density at radius 3 is 2.75 bits per heavy atom. The van der Waals surface area contributed by atoms with E-state index in [9.17, 15) is 9.18 Å². The Kier molecular flexibility index (Phi) is 4.35. The number of nitrogens with one attached hydrogen (secondary N) is 1. The molecular weight excluding hydrogens is 353 g/mol. The van der Waals surface area contributed by atoms with Crippen molar-refractivity contribution in [2.45, 2.75) is 13.5 Å². The summed E-state index contributed by atoms with van der Waals surface area (Å²) in [5.41, 5.74) is 1.22. The van der Waals surface area contributed by atoms with Crippen molar-refractivity contribution in [2.24, 2.45) is 0 Å². The maximum absolute atomic E-state index is 13.1. The molecule has 0 aliphatic rings. The SMILES string of the molecule is Cc1oc(C(=O)O)cc1CNc1c(Cl)cc(F)cc1Br. The van der Waals surface area contributed by atoms with Crippen LogP contribution >= 0.6 is 27.5 Å². The Morgan fingerprint density at radius 1 is 1.50 bits per heavy atom. The summed E-state index contributed by atoms with van der Waals surface area (Å²) < 4.78 is 18.7. The van der Waals surface area contributed by atoms with Crippen LogP contribution in [0.3, 0.4) is 0 Å². The number of carbonyl (C=O) groups is 1. The molecule has 7 heteroatoms. The first-order valence-corrected chi connectivity index (χ1v) is 6.76. The Balaban J connectivity index is 2.19. The highest BCUT2D eigenvalue weighted by Crippen LogP contribution is 2.32. The van der Waals surface area contributed by atoms with Crippen LogP contribution in [-0.2, 0) is 6.54 Å². The number of carboxylic acids is 1. The average Bonchev–Trinajstić information content (AvgIpc) is 2.70. The van der Waals surface area contributed by atoms with Gasteiger partial charge in [0, 0.05) is 16.6 Å². The molecule has 0 aliphatic heterocycles. The van der Waals surface area contributed by atoms with E-state index >= 15 is 0 Å². The normalized spacial score (nSPS) is 10.6. The van der Waals surface area contributed by atoms with E-state index in [1.54, 1.807) is 6.92 Å². The quantitative estimate of drug-likeness (QED) is 0.843. The number of aromatic carboxylic acids is 1. The molecule has 2 N–H and O–H groups in total. The van der Waals surface area contributed by atoms with E-state index in [0.717, 1.165) is 0 Å². The fraction of sp³-hybridized carbons (Fsp3) is 0.154. The van der Waals surface area contributed by atoms with Gasteiger partial charge in [-0.1, -0.05) is 11.6 Å². The number of benzene rings is 1. The fourth-order valence-corrected chi connectivity index (χ4v) is 2.65. The molecule has 0 atom stereocenters. The maximum Gasteiger partial charge on any atom is 0.371 e. The molecule has 0 saturated carbocycles. The van der Waals surface area contributed by atoms with E-state index in [0.29, 0.717) is 28.0 Å². The van der Waals surface area contributed by atoms with Gasteiger partial charge in [0.2, 0.25) is 5.76 Å². The molecule has 4 nitrogen and oxygen atoms in total. The molecule has 0 fully saturated rings. The first kappa shape index (κ1) is 14.9. The topological polar surface area (TPSA) is 62.5 Å². The Hall–Kier alpha value is -1.53. The summed E-state index contributed by atoms with van der Waals surface area (Å²) in [7, 11) is 0. The highest BCUT2D eigenvalue weighted by molar-refractivity contribution is 9.10. The van der Waals surface area contributed by atoms with Gasteiger partial charge in [0.15, 0.2) is 0 Å². The van der Waals surface area contributed by atoms with Gasteiger partial charge in [0.1, 0.15) is 11.6 Å². The van der Waals surface area contributed by atoms with Crippen molar-refractivity contribution >= 4 is 39.2 Å². The number of aryl methyl sites for hydroxylation is 1. The molecule has 1 aromatic heterocycles. The van der Waals surface area contributed by atoms with Gasteiger partial charge in [0.25, 0.3) is 0 Å². The van der Waals surface area contributed by atoms with Gasteiger partial charge in [-0.2, -0.15) is 0 Å². The summed E-state index contributed by atoms with van der Waals surface area (Å²) in [6.07, 6.45) is 0. The second kappa shape index (κ2) is 5.85. The van der Waals surface area contributed by atoms with Crippen molar-refractivity contribution in [3.63, 3.8) is 0 Å². The smallest absolute Gasteiger partial charge is 0.371 e. The molecule has 0 unspecified atom stereocenters. The number of carboxylic acid groups (broad SMARTS) is 1. The molecule has 20 heavy (non-hydrogen) atoms. The lowest BCUT2D eigenvalue weighted by molar-refractivity contribution is 0.0661. The van der Waals surface area contributed by atoms with Crippen LogP contribution in [0.4, 0.5) is 10.1 Å². The molecule has 2 aromatic rings. The zero-order valence-electron chi connectivity index (χ0n) is 10.3. The number of halogens is 3. The minimum absolute atomic E-state index is 0.122. The summed E-state index contributed by atoms with van der Waals surface area (Å²) in [5, 5.41) is 12.1. The molecule has 0 spiro atoms. The number of anilines is 1. The Morgan fingerprint density at radius 2 is 2.20 bits per heavy atom. The predicted octanol–water partition coefficient (Wildman–Crippen LogP) is 4.45. The average molecular weight is 363 g/mol. The van der Waals surface area contributed by atoms with Crippen LogP contribution in [0.25, 0.3) is 0 Å². The van der Waals surface area contributed by atoms with E-state index in [4.69, 9.17) is 21.1 Å². The first-order valence-electron chi connectivity index (χ1n) is 5.59. The van der Waals surface area contributed by atoms with Crippen LogP contribution < -0.4 is 5.32 Å². The van der Waals surface area contributed by atoms with E-state index in [2.05, 4.69) is 21.2 Å². The van der Waals surface area contributed by atoms with Crippen LogP contribution in [0, 0.1) is 12.7 Å². The molecular formula is C13H10BrClFNO3. The summed E-state index contributed by atoms with van der Waals surface area (Å²) in [5.74, 6) is -1.19. The third kappa shape index (κ3) is 3.13. The summed E-state index contributed by atoms with van der Waals surface area (Å²) in [6.45, 7) is 1.98. The lowest BCUT2D eigenvalue weighted by atomic mass is 10.2. The molecule has 0 amide bonds. The van der Waals surface area contributed by atoms with Crippen LogP contribution in [0.15, 0.2) is 27.1 Å². The van der Waals surface area contributed by atoms with Gasteiger partial charge in [0.05, 0.1) is 10.7 Å². The lowest BCUT2D eigenvalue weighted by Gasteiger charge is -2.10. The van der Waals surface area contributed by atoms with Crippen molar-refractivity contribution in [3.05, 3.63) is 50.6 Å². The molecule has 1 heterocycles. The van der Waals surface area contributed by atoms with Gasteiger partial charge >= 0.3 is 5.97 Å². The second-order valence-electron chi connectivity index (χ2n) is 4.10. The predicted molar refractivity (Wildman–Crippen MR) is 76.8 cm³/mol. The highest BCUT2D eigenvalue weighted by Gasteiger charge is 2.14. The monoisotopic (exact) mass is 361 g/mol. The number of furan rings is 1. The molecule has 0 aliphatic carbocycles. The van der Waals surface area contributed by atoms with Crippen molar-refractivity contribution < 1.29 is 18.7 Å². The van der Waals surface area contributed by atoms with Crippen LogP contribution in [-0.4, -0.2) is 11.1 Å². The molecule has 0 saturated heterocycles. The minimum Gasteiger partial charge on any atom is -0.475 e. The van der Waals surface area contributed by atoms with E-state index in [1.807, 2.05) is 0 Å². The molecule has 106 valence electrons. The fourth-order valence-electron chi connectivity index (χ4n) is 1.70. The number of hydrogen-bond donors (Lipinski definition) is 2. The van der Waals surface area contributed by atoms with Crippen LogP contribution in [0.5, 0.6) is 0 Å². The third-order valence-electron chi connectivity index (χ3n) is 2.69. The largest absolute Gasteiger partial charge is 0.475 e. The molecule has 2 rings (SSSR count). The van der Waals surface area contributed by atoms with Crippen molar-refractivity contribution in [3.8, 4) is 0 Å². The lowest BCUT2D eigenvalue weighted by Crippen LogP contribution is -2.01. The van der Waals surface area contributed by atoms with Crippen molar-refractivity contribution in [2.75, 3.05) is 5.32 Å². The van der Waals surface area contributed by atoms with Crippen molar-refractivity contribution in [1.29, 1.82) is 0 Å². The standard InChI is InChI=1S/C13H10BrClFNO3/c1-6-7(2-11(20-6)13(18)19)5-17-12-9(14)3-8(16)4-10(12)15/h2-4,17H,5H2,1H3,(H,18,19). The molecule has 0 bridgehead atoms. The highest BCUT2D eigenvalue weighted by atomic mass is 79.9. The number of rotatable bonds is 4. The first-order chi connectivity index (χ1) is 9.38. The van der Waals surface area contributed by atoms with Gasteiger partial charge in [-0.15, -0.1) is 0 Å². The zero-order valence-corrected chi connectivity index (χ0v) is 12.7. The number of hydrogen-bond acceptors (Lipinski definition) is 3.